The van der Waals surface area contributed by atoms with E-state index in [4.69, 9.17) is 0 Å². The fourth-order valence-corrected chi connectivity index (χ4v) is 1.78. The molecule has 0 bridgehead atoms. The second-order valence-electron chi connectivity index (χ2n) is 3.09. The van der Waals surface area contributed by atoms with E-state index in [1.165, 1.54) is 37.8 Å². The molecule has 2 N–H and O–H groups in total. The highest BCUT2D eigenvalue weighted by Gasteiger charge is 2.14. The van der Waals surface area contributed by atoms with Crippen molar-refractivity contribution in [1.29, 1.82) is 0 Å². The summed E-state index contributed by atoms with van der Waals surface area (Å²) in [7, 11) is 0. The zero-order valence-electron chi connectivity index (χ0n) is 6.24. The van der Waals surface area contributed by atoms with E-state index in [9.17, 15) is 0 Å². The van der Waals surface area contributed by atoms with Crippen molar-refractivity contribution in [3.8, 4) is 0 Å². The van der Waals surface area contributed by atoms with E-state index >= 15 is 0 Å². The summed E-state index contributed by atoms with van der Waals surface area (Å²) < 4.78 is 0. The molecule has 0 saturated carbocycles. The lowest BCUT2D eigenvalue weighted by atomic mass is 9.93. The Hall–Kier alpha value is -0.500. The average molecular weight is 138 g/mol. The first-order valence-electron chi connectivity index (χ1n) is 4.16. The Labute approximate surface area is 61.7 Å². The van der Waals surface area contributed by atoms with Gasteiger partial charge >= 0.3 is 0 Å². The van der Waals surface area contributed by atoms with Gasteiger partial charge in [-0.3, -0.25) is 0 Å². The first kappa shape index (κ1) is 6.23. The highest BCUT2D eigenvalue weighted by Crippen LogP contribution is 2.25. The van der Waals surface area contributed by atoms with Crippen molar-refractivity contribution in [2.24, 2.45) is 0 Å². The summed E-state index contributed by atoms with van der Waals surface area (Å²) in [5.74, 6) is 0. The molecule has 1 aliphatic carbocycles. The molecular formula is C8H14N2. The molecule has 0 aromatic carbocycles. The number of allylic oxidation sites excluding steroid dienone is 1. The van der Waals surface area contributed by atoms with Gasteiger partial charge in [0.25, 0.3) is 0 Å². The standard InChI is InChI=1S/C8H14N2/c1-2-4-8-7(3-1)5-6-9-10-8/h9-10H,1-6H2. The predicted octanol–water partition coefficient (Wildman–Crippen LogP) is 1.31. The second-order valence-corrected chi connectivity index (χ2v) is 3.09. The monoisotopic (exact) mass is 138 g/mol. The van der Waals surface area contributed by atoms with E-state index in [-0.39, 0.29) is 0 Å². The van der Waals surface area contributed by atoms with Gasteiger partial charge in [0.05, 0.1) is 0 Å². The third kappa shape index (κ3) is 1.03. The summed E-state index contributed by atoms with van der Waals surface area (Å²) in [4.78, 5) is 0. The molecule has 2 aliphatic rings. The van der Waals surface area contributed by atoms with Gasteiger partial charge in [-0.25, -0.2) is 5.43 Å². The van der Waals surface area contributed by atoms with Crippen LogP contribution in [0.1, 0.15) is 32.1 Å². The van der Waals surface area contributed by atoms with Gasteiger partial charge in [-0.1, -0.05) is 0 Å². The van der Waals surface area contributed by atoms with Crippen LogP contribution in [0.5, 0.6) is 0 Å². The molecule has 0 spiro atoms. The SMILES string of the molecule is C1CCC2=C(C1)CCNN2. The molecule has 2 nitrogen and oxygen atoms in total. The minimum Gasteiger partial charge on any atom is -0.326 e. The fraction of sp³-hybridized carbons (Fsp3) is 0.750. The van der Waals surface area contributed by atoms with Crippen LogP contribution in [0.25, 0.3) is 0 Å². The number of nitrogens with one attached hydrogen (secondary N) is 2. The molecule has 10 heavy (non-hydrogen) atoms. The van der Waals surface area contributed by atoms with Gasteiger partial charge in [-0.15, -0.1) is 0 Å². The topological polar surface area (TPSA) is 24.1 Å². The van der Waals surface area contributed by atoms with Crippen LogP contribution in [-0.4, -0.2) is 6.54 Å². The van der Waals surface area contributed by atoms with E-state index in [2.05, 4.69) is 10.9 Å². The van der Waals surface area contributed by atoms with Gasteiger partial charge in [-0.05, 0) is 37.7 Å². The largest absolute Gasteiger partial charge is 0.326 e. The minimum atomic E-state index is 1.11. The summed E-state index contributed by atoms with van der Waals surface area (Å²) in [6, 6.07) is 0. The van der Waals surface area contributed by atoms with E-state index < -0.39 is 0 Å². The van der Waals surface area contributed by atoms with Crippen LogP contribution in [-0.2, 0) is 0 Å². The molecule has 0 fully saturated rings. The first-order chi connectivity index (χ1) is 4.97. The van der Waals surface area contributed by atoms with Crippen LogP contribution < -0.4 is 10.9 Å². The molecule has 0 radical (unpaired) electrons. The van der Waals surface area contributed by atoms with Gasteiger partial charge in [0.2, 0.25) is 0 Å². The van der Waals surface area contributed by atoms with E-state index in [0.29, 0.717) is 0 Å². The van der Waals surface area contributed by atoms with Crippen molar-refractivity contribution in [2.45, 2.75) is 32.1 Å². The Morgan fingerprint density at radius 2 is 1.90 bits per heavy atom. The van der Waals surface area contributed by atoms with Crippen LogP contribution in [0.15, 0.2) is 11.3 Å². The molecule has 0 saturated heterocycles. The third-order valence-electron chi connectivity index (χ3n) is 2.37. The second kappa shape index (κ2) is 2.62. The van der Waals surface area contributed by atoms with E-state index in [0.717, 1.165) is 6.54 Å². The lowest BCUT2D eigenvalue weighted by Crippen LogP contribution is -2.37. The summed E-state index contributed by atoms with van der Waals surface area (Å²) in [5.41, 5.74) is 9.58. The average Bonchev–Trinajstić information content (AvgIpc) is 2.05. The van der Waals surface area contributed by atoms with Crippen molar-refractivity contribution < 1.29 is 0 Å². The zero-order chi connectivity index (χ0) is 6.81. The number of hydrogen-bond donors (Lipinski definition) is 2. The van der Waals surface area contributed by atoms with Crippen LogP contribution in [0.4, 0.5) is 0 Å². The molecular weight excluding hydrogens is 124 g/mol. The maximum atomic E-state index is 3.25. The predicted molar refractivity (Wildman–Crippen MR) is 41.2 cm³/mol. The highest BCUT2D eigenvalue weighted by atomic mass is 15.4. The molecule has 2 rings (SSSR count). The molecule has 0 unspecified atom stereocenters. The molecule has 0 aromatic rings. The highest BCUT2D eigenvalue weighted by molar-refractivity contribution is 5.17. The summed E-state index contributed by atoms with van der Waals surface area (Å²) in [5, 5.41) is 0. The normalized spacial score (nSPS) is 25.6. The van der Waals surface area contributed by atoms with E-state index in [1.807, 2.05) is 0 Å². The van der Waals surface area contributed by atoms with Gasteiger partial charge in [0.15, 0.2) is 0 Å². The maximum absolute atomic E-state index is 3.25. The third-order valence-corrected chi connectivity index (χ3v) is 2.37. The van der Waals surface area contributed by atoms with Gasteiger partial charge in [0.1, 0.15) is 0 Å². The first-order valence-corrected chi connectivity index (χ1v) is 4.16. The molecule has 56 valence electrons. The summed E-state index contributed by atoms with van der Waals surface area (Å²) in [6.07, 6.45) is 6.64. The van der Waals surface area contributed by atoms with Crippen LogP contribution in [0, 0.1) is 0 Å². The van der Waals surface area contributed by atoms with Crippen LogP contribution in [0.3, 0.4) is 0 Å². The smallest absolute Gasteiger partial charge is 0.0254 e. The van der Waals surface area contributed by atoms with Gasteiger partial charge < -0.3 is 5.43 Å². The summed E-state index contributed by atoms with van der Waals surface area (Å²) in [6.45, 7) is 1.11. The maximum Gasteiger partial charge on any atom is 0.0254 e. The van der Waals surface area contributed by atoms with Crippen LogP contribution >= 0.6 is 0 Å². The Kier molecular flexibility index (Phi) is 1.63. The van der Waals surface area contributed by atoms with Gasteiger partial charge in [-0.2, -0.15) is 0 Å². The zero-order valence-corrected chi connectivity index (χ0v) is 6.24. The Morgan fingerprint density at radius 1 is 1.00 bits per heavy atom. The van der Waals surface area contributed by atoms with Crippen molar-refractivity contribution in [2.75, 3.05) is 6.54 Å². The lowest BCUT2D eigenvalue weighted by Gasteiger charge is -2.26. The molecule has 1 heterocycles. The van der Waals surface area contributed by atoms with Crippen molar-refractivity contribution in [3.63, 3.8) is 0 Å². The van der Waals surface area contributed by atoms with E-state index in [1.54, 1.807) is 5.57 Å². The van der Waals surface area contributed by atoms with Gasteiger partial charge in [0, 0.05) is 12.2 Å². The van der Waals surface area contributed by atoms with Crippen LogP contribution in [0.2, 0.25) is 0 Å². The number of rotatable bonds is 0. The minimum absolute atomic E-state index is 1.11. The Balaban J connectivity index is 2.14. The number of hydrazine groups is 1. The van der Waals surface area contributed by atoms with Crippen molar-refractivity contribution >= 4 is 0 Å². The molecule has 2 heteroatoms. The molecule has 0 aromatic heterocycles. The Bertz CT molecular complexity index is 127. The van der Waals surface area contributed by atoms with Crippen molar-refractivity contribution in [1.82, 2.24) is 10.9 Å². The Morgan fingerprint density at radius 3 is 2.80 bits per heavy atom. The lowest BCUT2D eigenvalue weighted by molar-refractivity contribution is 0.487. The summed E-state index contributed by atoms with van der Waals surface area (Å²) >= 11 is 0. The molecule has 0 amide bonds. The van der Waals surface area contributed by atoms with Crippen molar-refractivity contribution in [3.05, 3.63) is 11.3 Å². The molecule has 0 atom stereocenters. The fourth-order valence-electron chi connectivity index (χ4n) is 1.78. The molecule has 1 aliphatic heterocycles. The number of hydrogen-bond acceptors (Lipinski definition) is 2. The quantitative estimate of drug-likeness (QED) is 0.527.